The van der Waals surface area contributed by atoms with E-state index in [4.69, 9.17) is 10.8 Å². The van der Waals surface area contributed by atoms with Crippen LogP contribution in [0, 0.1) is 5.41 Å². The lowest BCUT2D eigenvalue weighted by atomic mass is 9.84. The number of hydrogen-bond acceptors (Lipinski definition) is 6. The molecule has 0 aliphatic carbocycles. The maximum atomic E-state index is 13.1. The predicted octanol–water partition coefficient (Wildman–Crippen LogP) is 2.25. The van der Waals surface area contributed by atoms with E-state index in [0.717, 1.165) is 6.08 Å². The van der Waals surface area contributed by atoms with Gasteiger partial charge in [0, 0.05) is 11.8 Å². The van der Waals surface area contributed by atoms with E-state index in [-0.39, 0.29) is 25.1 Å². The molecule has 2 unspecified atom stereocenters. The summed E-state index contributed by atoms with van der Waals surface area (Å²) in [4.78, 5) is 55.6. The first-order valence-corrected chi connectivity index (χ1v) is 12.0. The van der Waals surface area contributed by atoms with Gasteiger partial charge in [0.2, 0.25) is 11.8 Å². The van der Waals surface area contributed by atoms with Crippen LogP contribution in [0.5, 0.6) is 0 Å². The standard InChI is InChI=1S/C26H32N6O6/c1-26(2,3)22(34)15-8-6-10-16-21(15)31-20(28-16)14-32-13-7-11-18(24(32)36)29-23(35)17(30-25(37)38)9-4-5-12-19(27)33/h5-8,10-13,17,22,30,34H,4,9,14H2,1-3H3,(H2,27,33)(H,28,31)(H,29,35)(H,37,38)/b12-5+. The Morgan fingerprint density at radius 2 is 1.95 bits per heavy atom. The highest BCUT2D eigenvalue weighted by atomic mass is 16.4. The third-order valence-corrected chi connectivity index (χ3v) is 5.82. The minimum Gasteiger partial charge on any atom is -0.465 e. The van der Waals surface area contributed by atoms with Crippen LogP contribution in [-0.4, -0.2) is 48.7 Å². The van der Waals surface area contributed by atoms with Gasteiger partial charge in [-0.05, 0) is 42.5 Å². The molecular formula is C26H32N6O6. The number of H-pyrrole nitrogens is 1. The average Bonchev–Trinajstić information content (AvgIpc) is 3.24. The maximum Gasteiger partial charge on any atom is 0.405 e. The van der Waals surface area contributed by atoms with Crippen LogP contribution >= 0.6 is 0 Å². The minimum atomic E-state index is -1.41. The Labute approximate surface area is 218 Å². The number of carbonyl (C=O) groups excluding carboxylic acids is 2. The number of nitrogens with one attached hydrogen (secondary N) is 3. The summed E-state index contributed by atoms with van der Waals surface area (Å²) in [7, 11) is 0. The van der Waals surface area contributed by atoms with Gasteiger partial charge in [-0.2, -0.15) is 0 Å². The first kappa shape index (κ1) is 28.1. The molecule has 12 nitrogen and oxygen atoms in total. The molecule has 3 rings (SSSR count). The lowest BCUT2D eigenvalue weighted by Gasteiger charge is -2.26. The van der Waals surface area contributed by atoms with E-state index < -0.39 is 41.0 Å². The number of amides is 3. The fourth-order valence-corrected chi connectivity index (χ4v) is 3.89. The molecule has 2 atom stereocenters. The van der Waals surface area contributed by atoms with E-state index in [1.54, 1.807) is 6.07 Å². The summed E-state index contributed by atoms with van der Waals surface area (Å²) >= 11 is 0. The largest absolute Gasteiger partial charge is 0.465 e. The van der Waals surface area contributed by atoms with E-state index in [0.29, 0.717) is 22.4 Å². The lowest BCUT2D eigenvalue weighted by Crippen LogP contribution is -2.44. The normalized spacial score (nSPS) is 13.4. The average molecular weight is 525 g/mol. The topological polar surface area (TPSA) is 192 Å². The number of allylic oxidation sites excluding steroid dienone is 1. The number of hydrogen-bond donors (Lipinski definition) is 6. The van der Waals surface area contributed by atoms with Crippen molar-refractivity contribution in [1.29, 1.82) is 0 Å². The van der Waals surface area contributed by atoms with Crippen molar-refractivity contribution in [2.45, 2.75) is 52.3 Å². The second kappa shape index (κ2) is 11.7. The first-order chi connectivity index (χ1) is 17.9. The number of benzene rings is 1. The third kappa shape index (κ3) is 7.07. The third-order valence-electron chi connectivity index (χ3n) is 5.82. The van der Waals surface area contributed by atoms with Crippen molar-refractivity contribution in [3.8, 4) is 0 Å². The number of aromatic amines is 1. The molecule has 0 saturated heterocycles. The lowest BCUT2D eigenvalue weighted by molar-refractivity contribution is -0.118. The fraction of sp³-hybridized carbons (Fsp3) is 0.346. The Morgan fingerprint density at radius 1 is 1.21 bits per heavy atom. The SMILES string of the molecule is CC(C)(C)C(O)c1cccc2[nH]c(Cn3cccc(NC(=O)C(CC/C=C/C(N)=O)NC(=O)O)c3=O)nc12. The molecule has 0 aliphatic rings. The zero-order chi connectivity index (χ0) is 28.0. The number of carbonyl (C=O) groups is 3. The van der Waals surface area contributed by atoms with Crippen molar-refractivity contribution in [2.75, 3.05) is 5.32 Å². The molecule has 7 N–H and O–H groups in total. The molecule has 38 heavy (non-hydrogen) atoms. The summed E-state index contributed by atoms with van der Waals surface area (Å²) < 4.78 is 1.35. The van der Waals surface area contributed by atoms with Crippen LogP contribution in [-0.2, 0) is 16.1 Å². The Bertz CT molecular complexity index is 1420. The molecule has 0 spiro atoms. The number of fused-ring (bicyclic) bond motifs is 1. The van der Waals surface area contributed by atoms with Crippen molar-refractivity contribution in [2.24, 2.45) is 11.1 Å². The molecule has 3 amide bonds. The summed E-state index contributed by atoms with van der Waals surface area (Å²) in [5.41, 5.74) is 6.07. The van der Waals surface area contributed by atoms with Gasteiger partial charge in [-0.3, -0.25) is 14.4 Å². The first-order valence-electron chi connectivity index (χ1n) is 12.0. The molecule has 12 heteroatoms. The molecule has 0 saturated carbocycles. The van der Waals surface area contributed by atoms with E-state index in [2.05, 4.69) is 20.6 Å². The number of nitrogens with two attached hydrogens (primary N) is 1. The van der Waals surface area contributed by atoms with Gasteiger partial charge in [-0.1, -0.05) is 39.0 Å². The number of aromatic nitrogens is 3. The molecule has 0 bridgehead atoms. The highest BCUT2D eigenvalue weighted by molar-refractivity contribution is 5.96. The quantitative estimate of drug-likeness (QED) is 0.219. The number of aliphatic hydroxyl groups is 1. The highest BCUT2D eigenvalue weighted by Gasteiger charge is 2.26. The Balaban J connectivity index is 1.81. The zero-order valence-electron chi connectivity index (χ0n) is 21.4. The molecule has 0 aliphatic heterocycles. The molecule has 2 heterocycles. The van der Waals surface area contributed by atoms with Gasteiger partial charge in [0.1, 0.15) is 17.6 Å². The Kier molecular flexibility index (Phi) is 8.68. The second-order valence-electron chi connectivity index (χ2n) is 9.92. The predicted molar refractivity (Wildman–Crippen MR) is 141 cm³/mol. The van der Waals surface area contributed by atoms with Crippen LogP contribution in [0.2, 0.25) is 0 Å². The van der Waals surface area contributed by atoms with Gasteiger partial charge in [0.25, 0.3) is 5.56 Å². The number of aliphatic hydroxyl groups excluding tert-OH is 1. The van der Waals surface area contributed by atoms with Gasteiger partial charge < -0.3 is 36.1 Å². The summed E-state index contributed by atoms with van der Waals surface area (Å²) in [6, 6.07) is 7.29. The van der Waals surface area contributed by atoms with Crippen LogP contribution < -0.4 is 21.9 Å². The number of pyridine rings is 1. The molecule has 2 aromatic heterocycles. The molecule has 0 fully saturated rings. The summed E-state index contributed by atoms with van der Waals surface area (Å²) in [5, 5.41) is 24.5. The van der Waals surface area contributed by atoms with Gasteiger partial charge in [0.15, 0.2) is 0 Å². The fourth-order valence-electron chi connectivity index (χ4n) is 3.89. The van der Waals surface area contributed by atoms with Crippen LogP contribution in [0.3, 0.4) is 0 Å². The van der Waals surface area contributed by atoms with Crippen LogP contribution in [0.25, 0.3) is 11.0 Å². The van der Waals surface area contributed by atoms with E-state index >= 15 is 0 Å². The monoisotopic (exact) mass is 524 g/mol. The van der Waals surface area contributed by atoms with Crippen LogP contribution in [0.1, 0.15) is 51.1 Å². The molecule has 202 valence electrons. The number of nitrogens with zero attached hydrogens (tertiary/aromatic N) is 2. The van der Waals surface area contributed by atoms with Gasteiger partial charge in [-0.15, -0.1) is 0 Å². The number of rotatable bonds is 10. The van der Waals surface area contributed by atoms with E-state index in [1.807, 2.05) is 39.0 Å². The smallest absolute Gasteiger partial charge is 0.405 e. The molecular weight excluding hydrogens is 492 g/mol. The second-order valence-corrected chi connectivity index (χ2v) is 9.92. The van der Waals surface area contributed by atoms with E-state index in [1.165, 1.54) is 22.9 Å². The Hall–Kier alpha value is -4.45. The van der Waals surface area contributed by atoms with E-state index in [9.17, 15) is 24.3 Å². The number of anilines is 1. The molecule has 1 aromatic carbocycles. The summed E-state index contributed by atoms with van der Waals surface area (Å²) in [6.07, 6.45) is 2.19. The number of primary amides is 1. The Morgan fingerprint density at radius 3 is 2.61 bits per heavy atom. The van der Waals surface area contributed by atoms with Gasteiger partial charge in [0.05, 0.1) is 23.7 Å². The van der Waals surface area contributed by atoms with Crippen molar-refractivity contribution >= 4 is 34.6 Å². The summed E-state index contributed by atoms with van der Waals surface area (Å²) in [5.74, 6) is -0.904. The molecule has 0 radical (unpaired) electrons. The van der Waals surface area contributed by atoms with Crippen molar-refractivity contribution in [3.05, 3.63) is 70.4 Å². The van der Waals surface area contributed by atoms with Crippen molar-refractivity contribution < 1.29 is 24.6 Å². The van der Waals surface area contributed by atoms with Crippen molar-refractivity contribution in [1.82, 2.24) is 19.9 Å². The number of para-hydroxylation sites is 1. The van der Waals surface area contributed by atoms with Crippen LogP contribution in [0.4, 0.5) is 10.5 Å². The highest BCUT2D eigenvalue weighted by Crippen LogP contribution is 2.35. The minimum absolute atomic E-state index is 0.0395. The van der Waals surface area contributed by atoms with Gasteiger partial charge >= 0.3 is 6.09 Å². The maximum absolute atomic E-state index is 13.1. The number of imidazole rings is 1. The van der Waals surface area contributed by atoms with Gasteiger partial charge in [-0.25, -0.2) is 9.78 Å². The zero-order valence-corrected chi connectivity index (χ0v) is 21.4. The molecule has 3 aromatic rings. The van der Waals surface area contributed by atoms with Crippen molar-refractivity contribution in [3.63, 3.8) is 0 Å². The summed E-state index contributed by atoms with van der Waals surface area (Å²) in [6.45, 7) is 5.85. The van der Waals surface area contributed by atoms with Crippen LogP contribution in [0.15, 0.2) is 53.5 Å². The number of carboxylic acid groups (broad SMARTS) is 1.